The zero-order chi connectivity index (χ0) is 18.5. The molecule has 8 heteroatoms. The smallest absolute Gasteiger partial charge is 0.317 e. The van der Waals surface area contributed by atoms with Crippen LogP contribution in [-0.2, 0) is 11.3 Å². The number of carbonyl (C=O) groups is 2. The van der Waals surface area contributed by atoms with Crippen LogP contribution >= 0.6 is 0 Å². The fourth-order valence-electron chi connectivity index (χ4n) is 2.94. The Hall–Kier alpha value is -3.03. The lowest BCUT2D eigenvalue weighted by atomic mass is 9.97. The second-order valence-corrected chi connectivity index (χ2v) is 6.21. The molecule has 2 aromatic rings. The predicted octanol–water partition coefficient (Wildman–Crippen LogP) is 1.89. The molecule has 8 nitrogen and oxygen atoms in total. The molecular formula is C18H22N4O4. The number of nitrogens with one attached hydrogen (secondary N) is 1. The van der Waals surface area contributed by atoms with Gasteiger partial charge >= 0.3 is 12.0 Å². The van der Waals surface area contributed by atoms with Crippen molar-refractivity contribution in [2.75, 3.05) is 20.2 Å². The molecule has 2 heterocycles. The topological polar surface area (TPSA) is 96.7 Å². The lowest BCUT2D eigenvalue weighted by Gasteiger charge is -2.30. The molecule has 0 atom stereocenters. The molecule has 0 unspecified atom stereocenters. The molecule has 0 bridgehead atoms. The predicted molar refractivity (Wildman–Crippen MR) is 94.3 cm³/mol. The van der Waals surface area contributed by atoms with E-state index in [0.29, 0.717) is 32.5 Å². The van der Waals surface area contributed by atoms with E-state index in [0.717, 1.165) is 17.1 Å². The van der Waals surface area contributed by atoms with Crippen LogP contribution in [0.25, 0.3) is 5.69 Å². The Morgan fingerprint density at radius 1 is 1.23 bits per heavy atom. The number of benzene rings is 1. The largest absolute Gasteiger partial charge is 0.497 e. The highest BCUT2D eigenvalue weighted by atomic mass is 16.5. The Kier molecular flexibility index (Phi) is 5.40. The summed E-state index contributed by atoms with van der Waals surface area (Å²) in [5.41, 5.74) is 1.65. The molecule has 1 aromatic carbocycles. The highest BCUT2D eigenvalue weighted by Gasteiger charge is 2.26. The van der Waals surface area contributed by atoms with Gasteiger partial charge in [0.05, 0.1) is 31.0 Å². The number of rotatable bonds is 5. The minimum absolute atomic E-state index is 0.187. The number of carboxylic acids is 1. The van der Waals surface area contributed by atoms with E-state index in [-0.39, 0.29) is 11.9 Å². The van der Waals surface area contributed by atoms with Crippen molar-refractivity contribution in [3.63, 3.8) is 0 Å². The molecule has 1 aliphatic heterocycles. The standard InChI is InChI=1S/C18H22N4O4/c1-26-16-4-2-15(3-5-16)22-11-8-14(20-22)12-19-18(25)21-9-6-13(7-10-21)17(23)24/h2-5,8,11,13H,6-7,9-10,12H2,1H3,(H,19,25)(H,23,24). The van der Waals surface area contributed by atoms with E-state index in [2.05, 4.69) is 10.4 Å². The third-order valence-electron chi connectivity index (χ3n) is 4.53. The Bertz CT molecular complexity index is 764. The summed E-state index contributed by atoms with van der Waals surface area (Å²) >= 11 is 0. The van der Waals surface area contributed by atoms with Crippen molar-refractivity contribution in [2.24, 2.45) is 5.92 Å². The highest BCUT2D eigenvalue weighted by Crippen LogP contribution is 2.17. The molecule has 0 spiro atoms. The summed E-state index contributed by atoms with van der Waals surface area (Å²) in [7, 11) is 1.62. The molecule has 1 fully saturated rings. The molecule has 1 aliphatic rings. The maximum atomic E-state index is 12.2. The number of amides is 2. The SMILES string of the molecule is COc1ccc(-n2ccc(CNC(=O)N3CCC(C(=O)O)CC3)n2)cc1. The summed E-state index contributed by atoms with van der Waals surface area (Å²) in [6, 6.07) is 9.19. The van der Waals surface area contributed by atoms with Gasteiger partial charge in [0.1, 0.15) is 5.75 Å². The molecule has 0 radical (unpaired) electrons. The van der Waals surface area contributed by atoms with Gasteiger partial charge < -0.3 is 20.1 Å². The van der Waals surface area contributed by atoms with E-state index in [1.165, 1.54) is 0 Å². The summed E-state index contributed by atoms with van der Waals surface area (Å²) in [5.74, 6) is -0.353. The van der Waals surface area contributed by atoms with Gasteiger partial charge in [-0.05, 0) is 43.2 Å². The van der Waals surface area contributed by atoms with Crippen molar-refractivity contribution >= 4 is 12.0 Å². The second kappa shape index (κ2) is 7.90. The minimum Gasteiger partial charge on any atom is -0.497 e. The lowest BCUT2D eigenvalue weighted by Crippen LogP contribution is -2.45. The van der Waals surface area contributed by atoms with E-state index in [1.54, 1.807) is 16.7 Å². The highest BCUT2D eigenvalue weighted by molar-refractivity contribution is 5.75. The van der Waals surface area contributed by atoms with E-state index in [1.807, 2.05) is 36.5 Å². The molecule has 0 aliphatic carbocycles. The molecule has 0 saturated carbocycles. The third-order valence-corrected chi connectivity index (χ3v) is 4.53. The van der Waals surface area contributed by atoms with Crippen LogP contribution in [0.15, 0.2) is 36.5 Å². The number of likely N-dealkylation sites (tertiary alicyclic amines) is 1. The second-order valence-electron chi connectivity index (χ2n) is 6.21. The summed E-state index contributed by atoms with van der Waals surface area (Å²) in [6.45, 7) is 1.24. The van der Waals surface area contributed by atoms with Crippen LogP contribution in [0.3, 0.4) is 0 Å². The van der Waals surface area contributed by atoms with Crippen molar-refractivity contribution in [1.29, 1.82) is 0 Å². The lowest BCUT2D eigenvalue weighted by molar-refractivity contribution is -0.143. The first-order chi connectivity index (χ1) is 12.6. The Morgan fingerprint density at radius 2 is 1.92 bits per heavy atom. The van der Waals surface area contributed by atoms with Gasteiger partial charge in [0.15, 0.2) is 0 Å². The number of nitrogens with zero attached hydrogens (tertiary/aromatic N) is 3. The molecule has 3 rings (SSSR count). The fraction of sp³-hybridized carbons (Fsp3) is 0.389. The van der Waals surface area contributed by atoms with Gasteiger partial charge in [0.2, 0.25) is 0 Å². The first kappa shape index (κ1) is 17.8. The van der Waals surface area contributed by atoms with Crippen molar-refractivity contribution in [3.8, 4) is 11.4 Å². The summed E-state index contributed by atoms with van der Waals surface area (Å²) in [5, 5.41) is 16.3. The Labute approximate surface area is 151 Å². The van der Waals surface area contributed by atoms with Gasteiger partial charge in [-0.3, -0.25) is 4.79 Å². The number of hydrogen-bond acceptors (Lipinski definition) is 4. The zero-order valence-corrected chi connectivity index (χ0v) is 14.6. The third kappa shape index (κ3) is 4.14. The van der Waals surface area contributed by atoms with Gasteiger partial charge in [0, 0.05) is 19.3 Å². The van der Waals surface area contributed by atoms with E-state index >= 15 is 0 Å². The molecule has 2 N–H and O–H groups in total. The molecule has 2 amide bonds. The molecule has 26 heavy (non-hydrogen) atoms. The maximum absolute atomic E-state index is 12.2. The number of piperidine rings is 1. The number of hydrogen-bond donors (Lipinski definition) is 2. The number of aromatic nitrogens is 2. The van der Waals surface area contributed by atoms with Crippen LogP contribution in [0.5, 0.6) is 5.75 Å². The first-order valence-corrected chi connectivity index (χ1v) is 8.51. The number of carbonyl (C=O) groups excluding carboxylic acids is 1. The monoisotopic (exact) mass is 358 g/mol. The van der Waals surface area contributed by atoms with Crippen LogP contribution in [0.4, 0.5) is 4.79 Å². The first-order valence-electron chi connectivity index (χ1n) is 8.51. The average molecular weight is 358 g/mol. The zero-order valence-electron chi connectivity index (χ0n) is 14.6. The van der Waals surface area contributed by atoms with Crippen molar-refractivity contribution in [2.45, 2.75) is 19.4 Å². The number of carboxylic acid groups (broad SMARTS) is 1. The quantitative estimate of drug-likeness (QED) is 0.851. The van der Waals surface area contributed by atoms with Crippen LogP contribution in [-0.4, -0.2) is 52.0 Å². The number of methoxy groups -OCH3 is 1. The number of ether oxygens (including phenoxy) is 1. The molecule has 138 valence electrons. The van der Waals surface area contributed by atoms with Gasteiger partial charge in [0.25, 0.3) is 0 Å². The van der Waals surface area contributed by atoms with Gasteiger partial charge in [-0.2, -0.15) is 5.10 Å². The van der Waals surface area contributed by atoms with Crippen LogP contribution in [0, 0.1) is 5.92 Å². The van der Waals surface area contributed by atoms with Crippen molar-refractivity contribution in [3.05, 3.63) is 42.2 Å². The minimum atomic E-state index is -0.783. The van der Waals surface area contributed by atoms with Crippen molar-refractivity contribution < 1.29 is 19.4 Å². The van der Waals surface area contributed by atoms with Gasteiger partial charge in [-0.1, -0.05) is 0 Å². The summed E-state index contributed by atoms with van der Waals surface area (Å²) in [4.78, 5) is 24.8. The van der Waals surface area contributed by atoms with Crippen LogP contribution in [0.1, 0.15) is 18.5 Å². The van der Waals surface area contributed by atoms with Crippen LogP contribution < -0.4 is 10.1 Å². The van der Waals surface area contributed by atoms with Crippen LogP contribution in [0.2, 0.25) is 0 Å². The van der Waals surface area contributed by atoms with E-state index in [9.17, 15) is 9.59 Å². The fourth-order valence-corrected chi connectivity index (χ4v) is 2.94. The maximum Gasteiger partial charge on any atom is 0.317 e. The van der Waals surface area contributed by atoms with E-state index in [4.69, 9.17) is 9.84 Å². The van der Waals surface area contributed by atoms with Gasteiger partial charge in [-0.25, -0.2) is 9.48 Å². The summed E-state index contributed by atoms with van der Waals surface area (Å²) < 4.78 is 6.87. The Morgan fingerprint density at radius 3 is 2.54 bits per heavy atom. The van der Waals surface area contributed by atoms with E-state index < -0.39 is 5.97 Å². The molecular weight excluding hydrogens is 336 g/mol. The molecule has 1 aromatic heterocycles. The number of aliphatic carboxylic acids is 1. The average Bonchev–Trinajstić information content (AvgIpc) is 3.15. The Balaban J connectivity index is 1.51. The van der Waals surface area contributed by atoms with Gasteiger partial charge in [-0.15, -0.1) is 0 Å². The molecule has 1 saturated heterocycles. The summed E-state index contributed by atoms with van der Waals surface area (Å²) in [6.07, 6.45) is 2.82. The number of urea groups is 1. The van der Waals surface area contributed by atoms with Crippen molar-refractivity contribution in [1.82, 2.24) is 20.0 Å². The normalized spacial score (nSPS) is 14.9.